The highest BCUT2D eigenvalue weighted by atomic mass is 16.2. The average molecular weight is 213 g/mol. The lowest BCUT2D eigenvalue weighted by atomic mass is 9.92. The van der Waals surface area contributed by atoms with E-state index in [1.54, 1.807) is 13.8 Å². The molecule has 0 radical (unpaired) electrons. The first kappa shape index (κ1) is 11.6. The average Bonchev–Trinajstić information content (AvgIpc) is 2.27. The van der Waals surface area contributed by atoms with Crippen LogP contribution in [0, 0.1) is 5.41 Å². The van der Waals surface area contributed by atoms with Gasteiger partial charge in [0.1, 0.15) is 6.04 Å². The minimum absolute atomic E-state index is 0.129. The molecule has 0 saturated carbocycles. The Morgan fingerprint density at radius 1 is 1.53 bits per heavy atom. The van der Waals surface area contributed by atoms with Crippen molar-refractivity contribution < 1.29 is 14.4 Å². The second-order valence-corrected chi connectivity index (χ2v) is 4.38. The number of imide groups is 1. The maximum Gasteiger partial charge on any atom is 0.236 e. The molecule has 0 aliphatic carbocycles. The highest BCUT2D eigenvalue weighted by Crippen LogP contribution is 2.31. The Morgan fingerprint density at radius 2 is 2.07 bits per heavy atom. The van der Waals surface area contributed by atoms with Crippen LogP contribution in [0.2, 0.25) is 0 Å². The zero-order valence-corrected chi connectivity index (χ0v) is 8.82. The van der Waals surface area contributed by atoms with Crippen LogP contribution in [-0.4, -0.2) is 35.2 Å². The fourth-order valence-electron chi connectivity index (χ4n) is 1.50. The van der Waals surface area contributed by atoms with E-state index in [4.69, 9.17) is 11.5 Å². The zero-order chi connectivity index (χ0) is 11.8. The van der Waals surface area contributed by atoms with Crippen molar-refractivity contribution in [2.24, 2.45) is 16.9 Å². The number of nitrogens with zero attached hydrogens (tertiary/aromatic N) is 1. The number of primary amides is 1. The molecule has 1 unspecified atom stereocenters. The van der Waals surface area contributed by atoms with Gasteiger partial charge in [0.05, 0.1) is 12.0 Å². The fourth-order valence-corrected chi connectivity index (χ4v) is 1.50. The van der Waals surface area contributed by atoms with Crippen molar-refractivity contribution in [3.8, 4) is 0 Å². The van der Waals surface area contributed by atoms with Gasteiger partial charge in [-0.1, -0.05) is 13.8 Å². The number of nitrogens with two attached hydrogens (primary N) is 2. The maximum absolute atomic E-state index is 11.7. The Bertz CT molecular complexity index is 325. The van der Waals surface area contributed by atoms with E-state index in [-0.39, 0.29) is 24.8 Å². The number of hydrogen-bond acceptors (Lipinski definition) is 4. The SMILES string of the molecule is CC1(C)CC(=O)N(CC(N)C(N)=O)C1=O. The van der Waals surface area contributed by atoms with Gasteiger partial charge >= 0.3 is 0 Å². The van der Waals surface area contributed by atoms with Crippen LogP contribution in [0.15, 0.2) is 0 Å². The third kappa shape index (κ3) is 2.15. The smallest absolute Gasteiger partial charge is 0.236 e. The molecule has 0 aromatic heterocycles. The molecule has 1 aliphatic heterocycles. The molecular weight excluding hydrogens is 198 g/mol. The first-order valence-electron chi connectivity index (χ1n) is 4.65. The van der Waals surface area contributed by atoms with E-state index in [2.05, 4.69) is 0 Å². The highest BCUT2D eigenvalue weighted by Gasteiger charge is 2.45. The minimum Gasteiger partial charge on any atom is -0.368 e. The van der Waals surface area contributed by atoms with Crippen molar-refractivity contribution in [2.75, 3.05) is 6.54 Å². The molecule has 0 bridgehead atoms. The quantitative estimate of drug-likeness (QED) is 0.561. The van der Waals surface area contributed by atoms with Gasteiger partial charge in [0.15, 0.2) is 0 Å². The monoisotopic (exact) mass is 213 g/mol. The lowest BCUT2D eigenvalue weighted by molar-refractivity contribution is -0.141. The van der Waals surface area contributed by atoms with Crippen molar-refractivity contribution in [3.05, 3.63) is 0 Å². The van der Waals surface area contributed by atoms with Gasteiger partial charge in [0, 0.05) is 6.42 Å². The molecule has 6 heteroatoms. The van der Waals surface area contributed by atoms with Gasteiger partial charge in [-0.2, -0.15) is 0 Å². The Kier molecular flexibility index (Phi) is 2.81. The summed E-state index contributed by atoms with van der Waals surface area (Å²) >= 11 is 0. The first-order valence-corrected chi connectivity index (χ1v) is 4.65. The molecule has 3 amide bonds. The summed E-state index contributed by atoms with van der Waals surface area (Å²) < 4.78 is 0. The van der Waals surface area contributed by atoms with E-state index in [0.29, 0.717) is 0 Å². The van der Waals surface area contributed by atoms with Crippen LogP contribution >= 0.6 is 0 Å². The van der Waals surface area contributed by atoms with Gasteiger partial charge in [0.25, 0.3) is 0 Å². The van der Waals surface area contributed by atoms with Crippen LogP contribution < -0.4 is 11.5 Å². The molecule has 84 valence electrons. The molecule has 4 N–H and O–H groups in total. The molecular formula is C9H15N3O3. The van der Waals surface area contributed by atoms with Gasteiger partial charge in [-0.05, 0) is 0 Å². The number of rotatable bonds is 3. The van der Waals surface area contributed by atoms with Gasteiger partial charge in [-0.15, -0.1) is 0 Å². The predicted octanol–water partition coefficient (Wildman–Crippen LogP) is -1.42. The van der Waals surface area contributed by atoms with Crippen molar-refractivity contribution in [2.45, 2.75) is 26.3 Å². The van der Waals surface area contributed by atoms with Crippen molar-refractivity contribution in [1.82, 2.24) is 4.90 Å². The summed E-state index contributed by atoms with van der Waals surface area (Å²) in [5.41, 5.74) is 9.65. The molecule has 6 nitrogen and oxygen atoms in total. The molecule has 1 fully saturated rings. The second kappa shape index (κ2) is 3.62. The number of hydrogen-bond donors (Lipinski definition) is 2. The number of carbonyl (C=O) groups excluding carboxylic acids is 3. The number of carbonyl (C=O) groups is 3. The third-order valence-electron chi connectivity index (χ3n) is 2.46. The Morgan fingerprint density at radius 3 is 2.40 bits per heavy atom. The van der Waals surface area contributed by atoms with E-state index in [9.17, 15) is 14.4 Å². The summed E-state index contributed by atoms with van der Waals surface area (Å²) in [6.45, 7) is 3.24. The molecule has 1 aliphatic rings. The summed E-state index contributed by atoms with van der Waals surface area (Å²) in [4.78, 5) is 34.9. The molecule has 0 aromatic rings. The van der Waals surface area contributed by atoms with Crippen LogP contribution in [-0.2, 0) is 14.4 Å². The fraction of sp³-hybridized carbons (Fsp3) is 0.667. The number of amides is 3. The molecule has 1 heterocycles. The van der Waals surface area contributed by atoms with Crippen LogP contribution in [0.1, 0.15) is 20.3 Å². The second-order valence-electron chi connectivity index (χ2n) is 4.38. The maximum atomic E-state index is 11.7. The molecule has 1 rings (SSSR count). The molecule has 0 spiro atoms. The van der Waals surface area contributed by atoms with Crippen LogP contribution in [0.25, 0.3) is 0 Å². The lowest BCUT2D eigenvalue weighted by Crippen LogP contribution is -2.48. The molecule has 1 atom stereocenters. The Labute approximate surface area is 87.6 Å². The standard InChI is InChI=1S/C9H15N3O3/c1-9(2)3-6(13)12(8(9)15)4-5(10)7(11)14/h5H,3-4,10H2,1-2H3,(H2,11,14). The van der Waals surface area contributed by atoms with Gasteiger partial charge in [-0.3, -0.25) is 19.3 Å². The van der Waals surface area contributed by atoms with Gasteiger partial charge in [-0.25, -0.2) is 0 Å². The van der Waals surface area contributed by atoms with Gasteiger partial charge < -0.3 is 11.5 Å². The van der Waals surface area contributed by atoms with E-state index in [1.165, 1.54) is 0 Å². The first-order chi connectivity index (χ1) is 6.75. The van der Waals surface area contributed by atoms with Crippen LogP contribution in [0.4, 0.5) is 0 Å². The lowest BCUT2D eigenvalue weighted by Gasteiger charge is -2.19. The van der Waals surface area contributed by atoms with Crippen LogP contribution in [0.5, 0.6) is 0 Å². The van der Waals surface area contributed by atoms with Crippen molar-refractivity contribution in [1.29, 1.82) is 0 Å². The Hall–Kier alpha value is -1.43. The molecule has 15 heavy (non-hydrogen) atoms. The molecule has 1 saturated heterocycles. The third-order valence-corrected chi connectivity index (χ3v) is 2.46. The largest absolute Gasteiger partial charge is 0.368 e. The Balaban J connectivity index is 2.76. The summed E-state index contributed by atoms with van der Waals surface area (Å²) in [5, 5.41) is 0. The van der Waals surface area contributed by atoms with E-state index in [0.717, 1.165) is 4.90 Å². The normalized spacial score (nSPS) is 21.9. The summed E-state index contributed by atoms with van der Waals surface area (Å²) in [6, 6.07) is -0.994. The predicted molar refractivity (Wildman–Crippen MR) is 52.3 cm³/mol. The minimum atomic E-state index is -0.994. The van der Waals surface area contributed by atoms with Crippen LogP contribution in [0.3, 0.4) is 0 Å². The highest BCUT2D eigenvalue weighted by molar-refractivity contribution is 6.05. The molecule has 0 aromatic carbocycles. The van der Waals surface area contributed by atoms with E-state index >= 15 is 0 Å². The number of likely N-dealkylation sites (tertiary alicyclic amines) is 1. The zero-order valence-electron chi connectivity index (χ0n) is 8.82. The van der Waals surface area contributed by atoms with E-state index in [1.807, 2.05) is 0 Å². The van der Waals surface area contributed by atoms with Crippen molar-refractivity contribution in [3.63, 3.8) is 0 Å². The summed E-state index contributed by atoms with van der Waals surface area (Å²) in [7, 11) is 0. The topological polar surface area (TPSA) is 106 Å². The van der Waals surface area contributed by atoms with Gasteiger partial charge in [0.2, 0.25) is 17.7 Å². The summed E-state index contributed by atoms with van der Waals surface area (Å²) in [5.74, 6) is -1.33. The van der Waals surface area contributed by atoms with E-state index < -0.39 is 17.4 Å². The van der Waals surface area contributed by atoms with Crippen molar-refractivity contribution >= 4 is 17.7 Å². The summed E-state index contributed by atoms with van der Waals surface area (Å²) in [6.07, 6.45) is 0.150.